The molecule has 0 spiro atoms. The fraction of sp³-hybridized carbons (Fsp3) is 0.700. The molecule has 6 heteroatoms. The van der Waals surface area contributed by atoms with E-state index in [1.165, 1.54) is 19.5 Å². The number of nitrogens with zero attached hydrogens (tertiary/aromatic N) is 3. The van der Waals surface area contributed by atoms with Gasteiger partial charge in [-0.1, -0.05) is 32.4 Å². The average molecular weight is 379 g/mol. The zero-order valence-electron chi connectivity index (χ0n) is 16.4. The van der Waals surface area contributed by atoms with E-state index in [2.05, 4.69) is 40.9 Å². The van der Waals surface area contributed by atoms with Crippen LogP contribution in [0.1, 0.15) is 50.5 Å². The van der Waals surface area contributed by atoms with Gasteiger partial charge in [0.1, 0.15) is 5.69 Å². The number of nitrogens with one attached hydrogen (secondary N) is 1. The van der Waals surface area contributed by atoms with Crippen LogP contribution in [0.2, 0.25) is 5.15 Å². The topological polar surface area (TPSA) is 48.5 Å². The summed E-state index contributed by atoms with van der Waals surface area (Å²) in [4.78, 5) is 20.9. The lowest BCUT2D eigenvalue weighted by Gasteiger charge is -2.38. The third-order valence-electron chi connectivity index (χ3n) is 6.05. The second-order valence-electron chi connectivity index (χ2n) is 8.65. The number of rotatable bonds is 3. The first kappa shape index (κ1) is 19.4. The number of piperidine rings is 1. The van der Waals surface area contributed by atoms with Gasteiger partial charge in [0.05, 0.1) is 5.69 Å². The number of carbonyl (C=O) groups excluding carboxylic acids is 1. The van der Waals surface area contributed by atoms with E-state index < -0.39 is 0 Å². The number of hydrogen-bond donors (Lipinski definition) is 1. The first-order valence-corrected chi connectivity index (χ1v) is 10.0. The van der Waals surface area contributed by atoms with Crippen molar-refractivity contribution in [1.29, 1.82) is 0 Å². The molecule has 3 heterocycles. The van der Waals surface area contributed by atoms with E-state index in [1.54, 1.807) is 13.1 Å². The van der Waals surface area contributed by atoms with Gasteiger partial charge in [0.15, 0.2) is 5.15 Å². The quantitative estimate of drug-likeness (QED) is 0.818. The second kappa shape index (κ2) is 7.73. The van der Waals surface area contributed by atoms with Crippen LogP contribution in [-0.2, 0) is 0 Å². The Morgan fingerprint density at radius 1 is 1.19 bits per heavy atom. The van der Waals surface area contributed by atoms with E-state index in [-0.39, 0.29) is 5.91 Å². The van der Waals surface area contributed by atoms with Crippen LogP contribution in [0.3, 0.4) is 0 Å². The van der Waals surface area contributed by atoms with Crippen molar-refractivity contribution in [3.05, 3.63) is 23.0 Å². The number of pyridine rings is 1. The van der Waals surface area contributed by atoms with E-state index in [0.717, 1.165) is 37.5 Å². The summed E-state index contributed by atoms with van der Waals surface area (Å²) in [5, 5.41) is 2.99. The number of aromatic nitrogens is 1. The Morgan fingerprint density at radius 2 is 1.88 bits per heavy atom. The Balaban J connectivity index is 1.58. The Kier molecular flexibility index (Phi) is 5.78. The van der Waals surface area contributed by atoms with Crippen LogP contribution < -0.4 is 10.2 Å². The molecule has 2 saturated heterocycles. The molecule has 2 aliphatic rings. The lowest BCUT2D eigenvalue weighted by Crippen LogP contribution is -2.44. The molecule has 2 fully saturated rings. The van der Waals surface area contributed by atoms with Gasteiger partial charge in [-0.05, 0) is 49.3 Å². The molecule has 144 valence electrons. The Labute approximate surface area is 162 Å². The molecule has 1 N–H and O–H groups in total. The fourth-order valence-corrected chi connectivity index (χ4v) is 4.49. The molecule has 1 aromatic heterocycles. The number of likely N-dealkylation sites (tertiary alicyclic amines) is 1. The standard InChI is InChI=1S/C20H31ClN4O/c1-20(2,3)14-7-10-25(13-14)15-8-11-24(12-9-15)17-6-5-16(19(26)22-4)23-18(17)21/h5-6,14-15H,7-13H2,1-4H3,(H,22,26). The molecule has 1 aromatic rings. The maximum Gasteiger partial charge on any atom is 0.269 e. The van der Waals surface area contributed by atoms with Crippen LogP contribution >= 0.6 is 11.6 Å². The van der Waals surface area contributed by atoms with Crippen molar-refractivity contribution in [2.24, 2.45) is 11.3 Å². The Hall–Kier alpha value is -1.33. The highest BCUT2D eigenvalue weighted by molar-refractivity contribution is 6.32. The molecule has 1 atom stereocenters. The van der Waals surface area contributed by atoms with Crippen molar-refractivity contribution >= 4 is 23.2 Å². The summed E-state index contributed by atoms with van der Waals surface area (Å²) >= 11 is 6.35. The highest BCUT2D eigenvalue weighted by Crippen LogP contribution is 2.36. The van der Waals surface area contributed by atoms with Crippen LogP contribution in [0.4, 0.5) is 5.69 Å². The lowest BCUT2D eigenvalue weighted by molar-refractivity contribution is 0.0958. The van der Waals surface area contributed by atoms with Crippen LogP contribution in [0, 0.1) is 11.3 Å². The minimum atomic E-state index is -0.209. The van der Waals surface area contributed by atoms with Crippen molar-refractivity contribution in [3.63, 3.8) is 0 Å². The summed E-state index contributed by atoms with van der Waals surface area (Å²) in [6.45, 7) is 11.5. The van der Waals surface area contributed by atoms with Gasteiger partial charge < -0.3 is 10.2 Å². The van der Waals surface area contributed by atoms with Crippen LogP contribution in [0.25, 0.3) is 0 Å². The number of carbonyl (C=O) groups is 1. The summed E-state index contributed by atoms with van der Waals surface area (Å²) in [5.41, 5.74) is 1.70. The fourth-order valence-electron chi connectivity index (χ4n) is 4.22. The molecular weight excluding hydrogens is 348 g/mol. The van der Waals surface area contributed by atoms with E-state index in [0.29, 0.717) is 22.3 Å². The van der Waals surface area contributed by atoms with Crippen LogP contribution in [0.15, 0.2) is 12.1 Å². The first-order valence-electron chi connectivity index (χ1n) is 9.67. The van der Waals surface area contributed by atoms with Crippen LogP contribution in [0.5, 0.6) is 0 Å². The summed E-state index contributed by atoms with van der Waals surface area (Å²) in [6, 6.07) is 4.35. The Morgan fingerprint density at radius 3 is 2.42 bits per heavy atom. The first-order chi connectivity index (χ1) is 12.3. The van der Waals surface area contributed by atoms with Gasteiger partial charge >= 0.3 is 0 Å². The third kappa shape index (κ3) is 4.15. The molecule has 26 heavy (non-hydrogen) atoms. The number of halogens is 1. The molecule has 5 nitrogen and oxygen atoms in total. The zero-order chi connectivity index (χ0) is 18.9. The van der Waals surface area contributed by atoms with Gasteiger partial charge in [0, 0.05) is 32.7 Å². The van der Waals surface area contributed by atoms with E-state index in [4.69, 9.17) is 11.6 Å². The molecule has 0 saturated carbocycles. The van der Waals surface area contributed by atoms with E-state index >= 15 is 0 Å². The van der Waals surface area contributed by atoms with Gasteiger partial charge in [-0.25, -0.2) is 4.98 Å². The Bertz CT molecular complexity index is 650. The van der Waals surface area contributed by atoms with Crippen molar-refractivity contribution in [3.8, 4) is 0 Å². The van der Waals surface area contributed by atoms with Gasteiger partial charge in [-0.15, -0.1) is 0 Å². The maximum absolute atomic E-state index is 11.7. The number of amides is 1. The second-order valence-corrected chi connectivity index (χ2v) is 9.01. The third-order valence-corrected chi connectivity index (χ3v) is 6.33. The van der Waals surface area contributed by atoms with Gasteiger partial charge in [-0.2, -0.15) is 0 Å². The van der Waals surface area contributed by atoms with Gasteiger partial charge in [0.25, 0.3) is 5.91 Å². The smallest absolute Gasteiger partial charge is 0.269 e. The van der Waals surface area contributed by atoms with E-state index in [1.807, 2.05) is 6.07 Å². The van der Waals surface area contributed by atoms with E-state index in [9.17, 15) is 4.79 Å². The molecule has 0 aromatic carbocycles. The normalized spacial score (nSPS) is 22.7. The molecule has 1 amide bonds. The predicted molar refractivity (Wildman–Crippen MR) is 107 cm³/mol. The van der Waals surface area contributed by atoms with Crippen molar-refractivity contribution in [2.45, 2.75) is 46.1 Å². The van der Waals surface area contributed by atoms with Gasteiger partial charge in [-0.3, -0.25) is 9.69 Å². The summed E-state index contributed by atoms with van der Waals surface area (Å²) < 4.78 is 0. The number of anilines is 1. The highest BCUT2D eigenvalue weighted by atomic mass is 35.5. The maximum atomic E-state index is 11.7. The SMILES string of the molecule is CNC(=O)c1ccc(N2CCC(N3CCC(C(C)(C)C)C3)CC2)c(Cl)n1. The number of hydrogen-bond acceptors (Lipinski definition) is 4. The lowest BCUT2D eigenvalue weighted by atomic mass is 9.80. The summed E-state index contributed by atoms with van der Waals surface area (Å²) in [7, 11) is 1.60. The minimum absolute atomic E-state index is 0.209. The molecule has 2 aliphatic heterocycles. The van der Waals surface area contributed by atoms with Crippen molar-refractivity contribution in [2.75, 3.05) is 38.1 Å². The van der Waals surface area contributed by atoms with Crippen molar-refractivity contribution in [1.82, 2.24) is 15.2 Å². The molecular formula is C20H31ClN4O. The molecule has 0 bridgehead atoms. The monoisotopic (exact) mass is 378 g/mol. The molecule has 0 radical (unpaired) electrons. The zero-order valence-corrected chi connectivity index (χ0v) is 17.1. The molecule has 3 rings (SSSR count). The minimum Gasteiger partial charge on any atom is -0.369 e. The van der Waals surface area contributed by atoms with Gasteiger partial charge in [0.2, 0.25) is 0 Å². The average Bonchev–Trinajstić information content (AvgIpc) is 3.11. The highest BCUT2D eigenvalue weighted by Gasteiger charge is 2.35. The molecule has 1 unspecified atom stereocenters. The largest absolute Gasteiger partial charge is 0.369 e. The predicted octanol–water partition coefficient (Wildman–Crippen LogP) is 3.43. The summed E-state index contributed by atoms with van der Waals surface area (Å²) in [5.74, 6) is 0.594. The molecule has 0 aliphatic carbocycles. The van der Waals surface area contributed by atoms with Crippen LogP contribution in [-0.4, -0.2) is 55.1 Å². The summed E-state index contributed by atoms with van der Waals surface area (Å²) in [6.07, 6.45) is 3.63. The van der Waals surface area contributed by atoms with Crippen molar-refractivity contribution < 1.29 is 4.79 Å².